The van der Waals surface area contributed by atoms with Gasteiger partial charge in [-0.05, 0) is 44.3 Å². The number of ketones is 1. The highest BCUT2D eigenvalue weighted by Crippen LogP contribution is 2.45. The number of fused-ring (bicyclic) bond motifs is 1. The molecule has 5 heteroatoms. The van der Waals surface area contributed by atoms with Crippen molar-refractivity contribution in [2.24, 2.45) is 0 Å². The number of rotatable bonds is 2. The first-order valence-electron chi connectivity index (χ1n) is 4.87. The summed E-state index contributed by atoms with van der Waals surface area (Å²) < 4.78 is 12.2. The van der Waals surface area contributed by atoms with Crippen molar-refractivity contribution in [1.82, 2.24) is 0 Å². The first kappa shape index (κ1) is 11.9. The Kier molecular flexibility index (Phi) is 3.26. The predicted molar refractivity (Wildman–Crippen MR) is 67.4 cm³/mol. The van der Waals surface area contributed by atoms with Crippen LogP contribution in [0, 0.1) is 0 Å². The molecule has 0 radical (unpaired) electrons. The number of Topliss-reactive ketones (excluding diaryl/α,β-unsaturated/α-hetero) is 1. The lowest BCUT2D eigenvalue weighted by Gasteiger charge is -2.08. The van der Waals surface area contributed by atoms with Crippen LogP contribution in [0.2, 0.25) is 0 Å². The third-order valence-corrected chi connectivity index (χ3v) is 3.90. The van der Waals surface area contributed by atoms with E-state index in [0.29, 0.717) is 28.0 Å². The number of hydrogen-bond acceptors (Lipinski definition) is 3. The third kappa shape index (κ3) is 1.66. The Hall–Kier alpha value is -0.550. The molecule has 0 bridgehead atoms. The van der Waals surface area contributed by atoms with Gasteiger partial charge in [-0.3, -0.25) is 4.79 Å². The summed E-state index contributed by atoms with van der Waals surface area (Å²) in [6.07, 6.45) is 0.282. The molecule has 1 unspecified atom stereocenters. The minimum Gasteiger partial charge on any atom is -0.496 e. The first-order valence-corrected chi connectivity index (χ1v) is 6.45. The Balaban J connectivity index is 2.62. The molecule has 1 aromatic carbocycles. The molecule has 0 aliphatic carbocycles. The Bertz CT molecular complexity index is 457. The molecule has 0 amide bonds. The van der Waals surface area contributed by atoms with E-state index in [4.69, 9.17) is 9.47 Å². The van der Waals surface area contributed by atoms with Gasteiger partial charge in [-0.2, -0.15) is 0 Å². The molecular weight excluding hydrogens is 340 g/mol. The summed E-state index contributed by atoms with van der Waals surface area (Å²) in [7, 11) is 1.57. The van der Waals surface area contributed by atoms with Gasteiger partial charge in [-0.1, -0.05) is 6.92 Å². The summed E-state index contributed by atoms with van der Waals surface area (Å²) in [4.78, 5) is 12.0. The SMILES string of the molecule is CCC1Oc2c(Br)cc(OC)c(Br)c2C1=O. The molecule has 16 heavy (non-hydrogen) atoms. The standard InChI is InChI=1S/C11H10Br2O3/c1-3-6-10(14)8-9(13)7(15-2)4-5(12)11(8)16-6/h4,6H,3H2,1-2H3. The predicted octanol–water partition coefficient (Wildman–Crippen LogP) is 3.57. The van der Waals surface area contributed by atoms with Crippen LogP contribution in [-0.2, 0) is 0 Å². The fourth-order valence-electron chi connectivity index (χ4n) is 1.70. The van der Waals surface area contributed by atoms with E-state index < -0.39 is 0 Å². The van der Waals surface area contributed by atoms with E-state index >= 15 is 0 Å². The molecule has 2 rings (SSSR count). The van der Waals surface area contributed by atoms with Crippen molar-refractivity contribution in [2.75, 3.05) is 7.11 Å². The number of carbonyl (C=O) groups excluding carboxylic acids is 1. The van der Waals surface area contributed by atoms with Crippen LogP contribution in [0.3, 0.4) is 0 Å². The molecule has 0 N–H and O–H groups in total. The Labute approximate surface area is 110 Å². The summed E-state index contributed by atoms with van der Waals surface area (Å²) in [5.41, 5.74) is 0.568. The molecule has 0 saturated carbocycles. The van der Waals surface area contributed by atoms with Crippen molar-refractivity contribution in [3.05, 3.63) is 20.6 Å². The molecule has 86 valence electrons. The molecule has 1 aliphatic rings. The second-order valence-corrected chi connectivity index (χ2v) is 5.11. The number of methoxy groups -OCH3 is 1. The average molecular weight is 350 g/mol. The quantitative estimate of drug-likeness (QED) is 0.818. The van der Waals surface area contributed by atoms with Crippen LogP contribution >= 0.6 is 31.9 Å². The normalized spacial score (nSPS) is 18.2. The van der Waals surface area contributed by atoms with Gasteiger partial charge in [0.1, 0.15) is 11.5 Å². The zero-order chi connectivity index (χ0) is 11.9. The number of halogens is 2. The van der Waals surface area contributed by atoms with E-state index in [0.717, 1.165) is 4.47 Å². The maximum Gasteiger partial charge on any atom is 0.208 e. The number of carbonyl (C=O) groups is 1. The summed E-state index contributed by atoms with van der Waals surface area (Å²) in [6.45, 7) is 1.92. The summed E-state index contributed by atoms with van der Waals surface area (Å²) in [5, 5.41) is 0. The molecule has 0 spiro atoms. The van der Waals surface area contributed by atoms with Crippen molar-refractivity contribution in [2.45, 2.75) is 19.4 Å². The molecule has 0 aromatic heterocycles. The number of benzene rings is 1. The zero-order valence-electron chi connectivity index (χ0n) is 8.84. The average Bonchev–Trinajstić information content (AvgIpc) is 2.61. The van der Waals surface area contributed by atoms with E-state index in [1.807, 2.05) is 6.92 Å². The molecule has 1 heterocycles. The monoisotopic (exact) mass is 348 g/mol. The fraction of sp³-hybridized carbons (Fsp3) is 0.364. The van der Waals surface area contributed by atoms with E-state index in [1.165, 1.54) is 0 Å². The van der Waals surface area contributed by atoms with Crippen LogP contribution in [0.1, 0.15) is 23.7 Å². The molecule has 1 atom stereocenters. The first-order chi connectivity index (χ1) is 7.60. The Morgan fingerprint density at radius 2 is 2.19 bits per heavy atom. The van der Waals surface area contributed by atoms with Crippen LogP contribution in [0.25, 0.3) is 0 Å². The smallest absolute Gasteiger partial charge is 0.208 e. The van der Waals surface area contributed by atoms with Crippen LogP contribution in [-0.4, -0.2) is 19.0 Å². The minimum atomic E-state index is -0.380. The Morgan fingerprint density at radius 1 is 1.50 bits per heavy atom. The van der Waals surface area contributed by atoms with Gasteiger partial charge in [-0.15, -0.1) is 0 Å². The summed E-state index contributed by atoms with van der Waals surface area (Å²) in [5.74, 6) is 1.23. The zero-order valence-corrected chi connectivity index (χ0v) is 12.0. The highest BCUT2D eigenvalue weighted by atomic mass is 79.9. The summed E-state index contributed by atoms with van der Waals surface area (Å²) >= 11 is 6.76. The van der Waals surface area contributed by atoms with Crippen LogP contribution in [0.4, 0.5) is 0 Å². The van der Waals surface area contributed by atoms with Gasteiger partial charge in [0.25, 0.3) is 0 Å². The molecule has 0 saturated heterocycles. The molecular formula is C11H10Br2O3. The summed E-state index contributed by atoms with van der Waals surface area (Å²) in [6, 6.07) is 1.79. The van der Waals surface area contributed by atoms with Gasteiger partial charge in [0, 0.05) is 0 Å². The van der Waals surface area contributed by atoms with Crippen LogP contribution in [0.5, 0.6) is 11.5 Å². The fourth-order valence-corrected chi connectivity index (χ4v) is 2.85. The largest absolute Gasteiger partial charge is 0.496 e. The lowest BCUT2D eigenvalue weighted by Crippen LogP contribution is -2.18. The maximum absolute atomic E-state index is 12.0. The van der Waals surface area contributed by atoms with Gasteiger partial charge in [-0.25, -0.2) is 0 Å². The van der Waals surface area contributed by atoms with Crippen LogP contribution < -0.4 is 9.47 Å². The second-order valence-electron chi connectivity index (χ2n) is 3.46. The van der Waals surface area contributed by atoms with E-state index in [-0.39, 0.29) is 11.9 Å². The minimum absolute atomic E-state index is 0.00368. The van der Waals surface area contributed by atoms with Crippen LogP contribution in [0.15, 0.2) is 15.0 Å². The lowest BCUT2D eigenvalue weighted by atomic mass is 10.1. The Morgan fingerprint density at radius 3 is 2.75 bits per heavy atom. The van der Waals surface area contributed by atoms with Gasteiger partial charge in [0.2, 0.25) is 5.78 Å². The highest BCUT2D eigenvalue weighted by Gasteiger charge is 2.36. The third-order valence-electron chi connectivity index (χ3n) is 2.53. The molecule has 1 aromatic rings. The van der Waals surface area contributed by atoms with Gasteiger partial charge in [0.05, 0.1) is 21.6 Å². The van der Waals surface area contributed by atoms with E-state index in [9.17, 15) is 4.79 Å². The number of hydrogen-bond donors (Lipinski definition) is 0. The second kappa shape index (κ2) is 4.37. The topological polar surface area (TPSA) is 35.5 Å². The van der Waals surface area contributed by atoms with Gasteiger partial charge < -0.3 is 9.47 Å². The van der Waals surface area contributed by atoms with Gasteiger partial charge in [0.15, 0.2) is 6.10 Å². The number of ether oxygens (including phenoxy) is 2. The molecule has 3 nitrogen and oxygen atoms in total. The highest BCUT2D eigenvalue weighted by molar-refractivity contribution is 9.11. The van der Waals surface area contributed by atoms with Crippen molar-refractivity contribution in [1.29, 1.82) is 0 Å². The maximum atomic E-state index is 12.0. The van der Waals surface area contributed by atoms with Crippen molar-refractivity contribution >= 4 is 37.6 Å². The molecule has 0 fully saturated rings. The lowest BCUT2D eigenvalue weighted by molar-refractivity contribution is 0.0852. The van der Waals surface area contributed by atoms with E-state index in [1.54, 1.807) is 13.2 Å². The van der Waals surface area contributed by atoms with Crippen molar-refractivity contribution < 1.29 is 14.3 Å². The van der Waals surface area contributed by atoms with Crippen molar-refractivity contribution in [3.8, 4) is 11.5 Å². The van der Waals surface area contributed by atoms with Crippen molar-refractivity contribution in [3.63, 3.8) is 0 Å². The van der Waals surface area contributed by atoms with Gasteiger partial charge >= 0.3 is 0 Å². The molecule has 1 aliphatic heterocycles. The van der Waals surface area contributed by atoms with E-state index in [2.05, 4.69) is 31.9 Å².